The Bertz CT molecular complexity index is 1230. The van der Waals surface area contributed by atoms with Gasteiger partial charge in [-0.15, -0.1) is 0 Å². The van der Waals surface area contributed by atoms with Gasteiger partial charge in [0.1, 0.15) is 17.3 Å². The van der Waals surface area contributed by atoms with E-state index < -0.39 is 23.5 Å². The summed E-state index contributed by atoms with van der Waals surface area (Å²) in [5.74, 6) is -1.44. The Hall–Kier alpha value is -3.91. The summed E-state index contributed by atoms with van der Waals surface area (Å²) in [6.45, 7) is 0.143. The summed E-state index contributed by atoms with van der Waals surface area (Å²) in [6, 6.07) is 9.04. The summed E-state index contributed by atoms with van der Waals surface area (Å²) in [6.07, 6.45) is 6.36. The molecule has 1 aliphatic rings. The molecule has 0 radical (unpaired) electrons. The molecule has 0 spiro atoms. The Kier molecular flexibility index (Phi) is 6.28. The van der Waals surface area contributed by atoms with Crippen LogP contribution in [-0.4, -0.2) is 45.9 Å². The maximum atomic E-state index is 13.2. The number of aliphatic hydroxyl groups is 1. The van der Waals surface area contributed by atoms with Gasteiger partial charge in [-0.05, 0) is 35.4 Å². The van der Waals surface area contributed by atoms with Crippen LogP contribution in [-0.2, 0) is 16.1 Å². The minimum absolute atomic E-state index is 0.0790. The van der Waals surface area contributed by atoms with Crippen LogP contribution in [0.15, 0.2) is 66.8 Å². The number of ketones is 1. The van der Waals surface area contributed by atoms with Crippen LogP contribution < -0.4 is 9.47 Å². The molecule has 1 N–H and O–H groups in total. The van der Waals surface area contributed by atoms with Gasteiger partial charge in [0.05, 0.1) is 36.4 Å². The Morgan fingerprint density at radius 2 is 1.79 bits per heavy atom. The molecule has 4 rings (SSSR count). The van der Waals surface area contributed by atoms with Gasteiger partial charge in [-0.2, -0.15) is 0 Å². The predicted octanol–water partition coefficient (Wildman–Crippen LogP) is 3.77. The van der Waals surface area contributed by atoms with Gasteiger partial charge in [-0.1, -0.05) is 17.7 Å². The second-order valence-electron chi connectivity index (χ2n) is 7.26. The Labute approximate surface area is 195 Å². The molecule has 1 fully saturated rings. The van der Waals surface area contributed by atoms with Crippen LogP contribution in [0.2, 0.25) is 5.02 Å². The van der Waals surface area contributed by atoms with Crippen molar-refractivity contribution in [2.75, 3.05) is 14.2 Å². The lowest BCUT2D eigenvalue weighted by Gasteiger charge is -2.25. The van der Waals surface area contributed by atoms with Crippen LogP contribution in [0.5, 0.6) is 11.5 Å². The largest absolute Gasteiger partial charge is 0.507 e. The summed E-state index contributed by atoms with van der Waals surface area (Å²) in [5, 5.41) is 11.6. The SMILES string of the molecule is COc1cc(/C(O)=C2\C(=O)C(=O)N(Cc3ccncc3)C2c2cccnc2)c(OC)cc1Cl. The first kappa shape index (κ1) is 22.3. The van der Waals surface area contributed by atoms with E-state index in [1.165, 1.54) is 31.3 Å². The quantitative estimate of drug-likeness (QED) is 0.336. The van der Waals surface area contributed by atoms with E-state index in [2.05, 4.69) is 9.97 Å². The fourth-order valence-corrected chi connectivity index (χ4v) is 4.03. The van der Waals surface area contributed by atoms with Gasteiger partial charge in [0.15, 0.2) is 0 Å². The number of Topliss-reactive ketones (excluding diaryl/α,β-unsaturated/α-hetero) is 1. The zero-order valence-corrected chi connectivity index (χ0v) is 18.6. The van der Waals surface area contributed by atoms with Gasteiger partial charge in [0.25, 0.3) is 11.7 Å². The molecule has 168 valence electrons. The van der Waals surface area contributed by atoms with Crippen molar-refractivity contribution in [1.82, 2.24) is 14.9 Å². The van der Waals surface area contributed by atoms with Crippen molar-refractivity contribution in [2.45, 2.75) is 12.6 Å². The molecular formula is C24H20ClN3O5. The van der Waals surface area contributed by atoms with Crippen LogP contribution >= 0.6 is 11.6 Å². The number of amides is 1. The minimum atomic E-state index is -0.863. The standard InChI is InChI=1S/C24H20ClN3O5/c1-32-18-11-17(25)19(33-2)10-16(18)22(29)20-21(15-4-3-7-27-12-15)28(24(31)23(20)30)13-14-5-8-26-9-6-14/h3-12,21,29H,13H2,1-2H3/b22-20+. The predicted molar refractivity (Wildman–Crippen MR) is 121 cm³/mol. The number of likely N-dealkylation sites (tertiary alicyclic amines) is 1. The number of pyridine rings is 2. The van der Waals surface area contributed by atoms with Gasteiger partial charge in [-0.25, -0.2) is 0 Å². The molecule has 1 unspecified atom stereocenters. The number of benzene rings is 1. The van der Waals surface area contributed by atoms with Gasteiger partial charge < -0.3 is 19.5 Å². The van der Waals surface area contributed by atoms with Crippen LogP contribution in [0.1, 0.15) is 22.7 Å². The molecule has 0 aliphatic carbocycles. The molecule has 1 amide bonds. The topological polar surface area (TPSA) is 102 Å². The third-order valence-corrected chi connectivity index (χ3v) is 5.67. The van der Waals surface area contributed by atoms with Crippen molar-refractivity contribution in [2.24, 2.45) is 0 Å². The molecule has 2 aromatic heterocycles. The van der Waals surface area contributed by atoms with E-state index in [1.54, 1.807) is 49.1 Å². The highest BCUT2D eigenvalue weighted by atomic mass is 35.5. The lowest BCUT2D eigenvalue weighted by atomic mass is 9.95. The number of rotatable bonds is 6. The molecule has 1 aliphatic heterocycles. The van der Waals surface area contributed by atoms with Gasteiger partial charge in [0, 0.05) is 37.4 Å². The van der Waals surface area contributed by atoms with Crippen molar-refractivity contribution in [3.8, 4) is 11.5 Å². The highest BCUT2D eigenvalue weighted by Gasteiger charge is 2.46. The van der Waals surface area contributed by atoms with E-state index in [0.29, 0.717) is 5.56 Å². The number of halogens is 1. The smallest absolute Gasteiger partial charge is 0.295 e. The van der Waals surface area contributed by atoms with E-state index in [-0.39, 0.29) is 34.2 Å². The van der Waals surface area contributed by atoms with Crippen molar-refractivity contribution < 1.29 is 24.2 Å². The molecule has 33 heavy (non-hydrogen) atoms. The van der Waals surface area contributed by atoms with E-state index in [9.17, 15) is 14.7 Å². The molecule has 3 heterocycles. The lowest BCUT2D eigenvalue weighted by molar-refractivity contribution is -0.140. The fraction of sp³-hybridized carbons (Fsp3) is 0.167. The normalized spacial score (nSPS) is 17.3. The molecule has 1 atom stereocenters. The number of hydrogen-bond acceptors (Lipinski definition) is 7. The Morgan fingerprint density at radius 1 is 1.06 bits per heavy atom. The maximum absolute atomic E-state index is 13.2. The number of hydrogen-bond donors (Lipinski definition) is 1. The van der Waals surface area contributed by atoms with E-state index >= 15 is 0 Å². The Balaban J connectivity index is 1.91. The maximum Gasteiger partial charge on any atom is 0.295 e. The molecule has 9 heteroatoms. The number of ether oxygens (including phenoxy) is 2. The average molecular weight is 466 g/mol. The molecule has 8 nitrogen and oxygen atoms in total. The van der Waals surface area contributed by atoms with Crippen molar-refractivity contribution in [3.63, 3.8) is 0 Å². The second-order valence-corrected chi connectivity index (χ2v) is 7.66. The van der Waals surface area contributed by atoms with E-state index in [0.717, 1.165) is 5.56 Å². The number of carbonyl (C=O) groups is 2. The van der Waals surface area contributed by atoms with Crippen molar-refractivity contribution in [1.29, 1.82) is 0 Å². The summed E-state index contributed by atoms with van der Waals surface area (Å²) in [4.78, 5) is 35.8. The van der Waals surface area contributed by atoms with Crippen molar-refractivity contribution >= 4 is 29.1 Å². The highest BCUT2D eigenvalue weighted by Crippen LogP contribution is 2.43. The number of aliphatic hydroxyl groups excluding tert-OH is 1. The first-order valence-electron chi connectivity index (χ1n) is 9.95. The zero-order chi connectivity index (χ0) is 23.5. The van der Waals surface area contributed by atoms with Gasteiger partial charge >= 0.3 is 0 Å². The fourth-order valence-electron chi connectivity index (χ4n) is 3.80. The van der Waals surface area contributed by atoms with Gasteiger partial charge in [0.2, 0.25) is 0 Å². The third-order valence-electron chi connectivity index (χ3n) is 5.37. The number of nitrogens with zero attached hydrogens (tertiary/aromatic N) is 3. The zero-order valence-electron chi connectivity index (χ0n) is 17.9. The third kappa shape index (κ3) is 4.12. The monoisotopic (exact) mass is 465 g/mol. The van der Waals surface area contributed by atoms with Crippen LogP contribution in [0.3, 0.4) is 0 Å². The van der Waals surface area contributed by atoms with E-state index in [1.807, 2.05) is 0 Å². The molecular weight excluding hydrogens is 446 g/mol. The summed E-state index contributed by atoms with van der Waals surface area (Å²) in [7, 11) is 2.84. The van der Waals surface area contributed by atoms with Crippen LogP contribution in [0, 0.1) is 0 Å². The Morgan fingerprint density at radius 3 is 2.42 bits per heavy atom. The minimum Gasteiger partial charge on any atom is -0.507 e. The lowest BCUT2D eigenvalue weighted by Crippen LogP contribution is -2.29. The molecule has 1 saturated heterocycles. The van der Waals surface area contributed by atoms with Crippen molar-refractivity contribution in [3.05, 3.63) is 88.5 Å². The number of methoxy groups -OCH3 is 2. The first-order valence-corrected chi connectivity index (χ1v) is 10.3. The van der Waals surface area contributed by atoms with Gasteiger partial charge in [-0.3, -0.25) is 19.6 Å². The molecule has 3 aromatic rings. The van der Waals surface area contributed by atoms with E-state index in [4.69, 9.17) is 21.1 Å². The number of carbonyl (C=O) groups excluding carboxylic acids is 2. The summed E-state index contributed by atoms with van der Waals surface area (Å²) in [5.41, 5.74) is 1.46. The molecule has 0 saturated carbocycles. The van der Waals surface area contributed by atoms with Crippen LogP contribution in [0.4, 0.5) is 0 Å². The summed E-state index contributed by atoms with van der Waals surface area (Å²) < 4.78 is 10.6. The summed E-state index contributed by atoms with van der Waals surface area (Å²) >= 11 is 6.19. The number of aromatic nitrogens is 2. The molecule has 0 bridgehead atoms. The first-order chi connectivity index (χ1) is 16.0. The second kappa shape index (κ2) is 9.30. The average Bonchev–Trinajstić information content (AvgIpc) is 3.09. The highest BCUT2D eigenvalue weighted by molar-refractivity contribution is 6.46. The van der Waals surface area contributed by atoms with Crippen LogP contribution in [0.25, 0.3) is 5.76 Å². The molecule has 1 aromatic carbocycles.